The lowest BCUT2D eigenvalue weighted by Gasteiger charge is -2.21. The van der Waals surface area contributed by atoms with Crippen LogP contribution in [0.2, 0.25) is 0 Å². The first-order chi connectivity index (χ1) is 10.1. The van der Waals surface area contributed by atoms with E-state index in [-0.39, 0.29) is 0 Å². The number of hydrogen-bond acceptors (Lipinski definition) is 2. The highest BCUT2D eigenvalue weighted by Gasteiger charge is 2.14. The number of benzene rings is 1. The van der Waals surface area contributed by atoms with Gasteiger partial charge in [0.2, 0.25) is 0 Å². The summed E-state index contributed by atoms with van der Waals surface area (Å²) >= 11 is 0. The standard InChI is InChI=1S/C18H27N3/c1-5-11-19-18(9-7-16-10-12-20-21(16)4)17-8-6-14(2)13-15(17)3/h6,8,10,12-13,18-19H,5,7,9,11H2,1-4H3. The first-order valence-corrected chi connectivity index (χ1v) is 7.89. The molecule has 0 aliphatic rings. The maximum atomic E-state index is 4.25. The Hall–Kier alpha value is -1.61. The molecule has 0 bridgehead atoms. The summed E-state index contributed by atoms with van der Waals surface area (Å²) in [6.45, 7) is 7.64. The zero-order chi connectivity index (χ0) is 15.2. The predicted molar refractivity (Wildman–Crippen MR) is 88.5 cm³/mol. The molecule has 0 amide bonds. The van der Waals surface area contributed by atoms with E-state index < -0.39 is 0 Å². The van der Waals surface area contributed by atoms with Gasteiger partial charge in [-0.15, -0.1) is 0 Å². The van der Waals surface area contributed by atoms with E-state index in [4.69, 9.17) is 0 Å². The topological polar surface area (TPSA) is 29.9 Å². The van der Waals surface area contributed by atoms with Crippen molar-refractivity contribution < 1.29 is 0 Å². The molecule has 0 saturated carbocycles. The van der Waals surface area contributed by atoms with Crippen LogP contribution in [-0.2, 0) is 13.5 Å². The summed E-state index contributed by atoms with van der Waals surface area (Å²) in [6.07, 6.45) is 5.18. The van der Waals surface area contributed by atoms with E-state index in [2.05, 4.69) is 55.5 Å². The quantitative estimate of drug-likeness (QED) is 0.840. The van der Waals surface area contributed by atoms with E-state index in [1.54, 1.807) is 0 Å². The van der Waals surface area contributed by atoms with Crippen LogP contribution in [0.15, 0.2) is 30.5 Å². The maximum absolute atomic E-state index is 4.25. The molecule has 1 aromatic heterocycles. The summed E-state index contributed by atoms with van der Waals surface area (Å²) in [4.78, 5) is 0. The van der Waals surface area contributed by atoms with Crippen molar-refractivity contribution in [3.05, 3.63) is 52.8 Å². The van der Waals surface area contributed by atoms with Crippen molar-refractivity contribution in [2.75, 3.05) is 6.54 Å². The second-order valence-electron chi connectivity index (χ2n) is 5.85. The van der Waals surface area contributed by atoms with Gasteiger partial charge in [0.15, 0.2) is 0 Å². The van der Waals surface area contributed by atoms with E-state index in [0.717, 1.165) is 25.8 Å². The summed E-state index contributed by atoms with van der Waals surface area (Å²) < 4.78 is 1.97. The van der Waals surface area contributed by atoms with Gasteiger partial charge in [-0.1, -0.05) is 30.7 Å². The van der Waals surface area contributed by atoms with Crippen LogP contribution in [0.25, 0.3) is 0 Å². The molecule has 21 heavy (non-hydrogen) atoms. The summed E-state index contributed by atoms with van der Waals surface area (Å²) in [5, 5.41) is 7.95. The highest BCUT2D eigenvalue weighted by Crippen LogP contribution is 2.23. The molecule has 2 rings (SSSR count). The fraction of sp³-hybridized carbons (Fsp3) is 0.500. The molecule has 2 aromatic rings. The third kappa shape index (κ3) is 4.18. The molecule has 3 nitrogen and oxygen atoms in total. The molecule has 114 valence electrons. The number of rotatable bonds is 7. The number of nitrogens with one attached hydrogen (secondary N) is 1. The van der Waals surface area contributed by atoms with Gasteiger partial charge in [0.1, 0.15) is 0 Å². The Balaban J connectivity index is 2.12. The highest BCUT2D eigenvalue weighted by molar-refractivity contribution is 5.33. The van der Waals surface area contributed by atoms with Gasteiger partial charge in [-0.25, -0.2) is 0 Å². The smallest absolute Gasteiger partial charge is 0.0492 e. The minimum absolute atomic E-state index is 0.417. The van der Waals surface area contributed by atoms with Gasteiger partial charge in [-0.2, -0.15) is 5.10 Å². The zero-order valence-electron chi connectivity index (χ0n) is 13.7. The van der Waals surface area contributed by atoms with E-state index in [1.807, 2.05) is 17.9 Å². The lowest BCUT2D eigenvalue weighted by atomic mass is 9.95. The number of aromatic nitrogens is 2. The molecule has 1 atom stereocenters. The van der Waals surface area contributed by atoms with Crippen molar-refractivity contribution in [1.82, 2.24) is 15.1 Å². The van der Waals surface area contributed by atoms with Crippen molar-refractivity contribution in [1.29, 1.82) is 0 Å². The lowest BCUT2D eigenvalue weighted by Crippen LogP contribution is -2.23. The normalized spacial score (nSPS) is 12.6. The van der Waals surface area contributed by atoms with Crippen LogP contribution >= 0.6 is 0 Å². The van der Waals surface area contributed by atoms with Crippen molar-refractivity contribution in [3.63, 3.8) is 0 Å². The van der Waals surface area contributed by atoms with Crippen LogP contribution in [-0.4, -0.2) is 16.3 Å². The first kappa shape index (κ1) is 15.8. The van der Waals surface area contributed by atoms with Gasteiger partial charge >= 0.3 is 0 Å². The monoisotopic (exact) mass is 285 g/mol. The van der Waals surface area contributed by atoms with Crippen molar-refractivity contribution >= 4 is 0 Å². The van der Waals surface area contributed by atoms with Crippen molar-refractivity contribution in [2.45, 2.75) is 46.1 Å². The molecule has 0 aliphatic heterocycles. The number of nitrogens with zero attached hydrogens (tertiary/aromatic N) is 2. The van der Waals surface area contributed by atoms with E-state index in [1.165, 1.54) is 22.4 Å². The zero-order valence-corrected chi connectivity index (χ0v) is 13.7. The van der Waals surface area contributed by atoms with Gasteiger partial charge in [-0.3, -0.25) is 4.68 Å². The Morgan fingerprint density at radius 3 is 2.67 bits per heavy atom. The average Bonchev–Trinajstić information content (AvgIpc) is 2.85. The first-order valence-electron chi connectivity index (χ1n) is 7.89. The summed E-state index contributed by atoms with van der Waals surface area (Å²) in [5.74, 6) is 0. The summed E-state index contributed by atoms with van der Waals surface area (Å²) in [5.41, 5.74) is 5.44. The fourth-order valence-electron chi connectivity index (χ4n) is 2.84. The molecule has 0 saturated heterocycles. The molecule has 0 radical (unpaired) electrons. The van der Waals surface area contributed by atoms with Crippen LogP contribution in [0.4, 0.5) is 0 Å². The minimum Gasteiger partial charge on any atom is -0.310 e. The Labute approximate surface area is 128 Å². The molecule has 1 unspecified atom stereocenters. The van der Waals surface area contributed by atoms with Crippen LogP contribution in [0.1, 0.15) is 48.2 Å². The van der Waals surface area contributed by atoms with Crippen LogP contribution in [0.3, 0.4) is 0 Å². The van der Waals surface area contributed by atoms with E-state index in [0.29, 0.717) is 6.04 Å². The van der Waals surface area contributed by atoms with Crippen LogP contribution < -0.4 is 5.32 Å². The molecule has 1 heterocycles. The molecule has 1 N–H and O–H groups in total. The SMILES string of the molecule is CCCNC(CCc1ccnn1C)c1ccc(C)cc1C. The van der Waals surface area contributed by atoms with Gasteiger partial charge in [0, 0.05) is 25.0 Å². The second kappa shape index (κ2) is 7.41. The third-order valence-electron chi connectivity index (χ3n) is 4.05. The van der Waals surface area contributed by atoms with Crippen LogP contribution in [0, 0.1) is 13.8 Å². The van der Waals surface area contributed by atoms with E-state index >= 15 is 0 Å². The average molecular weight is 285 g/mol. The highest BCUT2D eigenvalue weighted by atomic mass is 15.2. The predicted octanol–water partition coefficient (Wildman–Crippen LogP) is 3.71. The molecule has 1 aromatic carbocycles. The Bertz CT molecular complexity index is 572. The Morgan fingerprint density at radius 1 is 1.24 bits per heavy atom. The molecular formula is C18H27N3. The Morgan fingerprint density at radius 2 is 2.05 bits per heavy atom. The largest absolute Gasteiger partial charge is 0.310 e. The molecule has 0 spiro atoms. The molecular weight excluding hydrogens is 258 g/mol. The Kier molecular flexibility index (Phi) is 5.57. The third-order valence-corrected chi connectivity index (χ3v) is 4.05. The second-order valence-corrected chi connectivity index (χ2v) is 5.85. The summed E-state index contributed by atoms with van der Waals surface area (Å²) in [7, 11) is 2.01. The lowest BCUT2D eigenvalue weighted by molar-refractivity contribution is 0.490. The van der Waals surface area contributed by atoms with Crippen molar-refractivity contribution in [3.8, 4) is 0 Å². The minimum atomic E-state index is 0.417. The molecule has 0 fully saturated rings. The van der Waals surface area contributed by atoms with Gasteiger partial charge in [0.05, 0.1) is 0 Å². The molecule has 3 heteroatoms. The van der Waals surface area contributed by atoms with Gasteiger partial charge < -0.3 is 5.32 Å². The van der Waals surface area contributed by atoms with Crippen molar-refractivity contribution in [2.24, 2.45) is 7.05 Å². The number of aryl methyl sites for hydroxylation is 4. The fourth-order valence-corrected chi connectivity index (χ4v) is 2.84. The summed E-state index contributed by atoms with van der Waals surface area (Å²) in [6, 6.07) is 9.30. The number of hydrogen-bond donors (Lipinski definition) is 1. The van der Waals surface area contributed by atoms with Gasteiger partial charge in [0.25, 0.3) is 0 Å². The molecule has 0 aliphatic carbocycles. The van der Waals surface area contributed by atoms with Crippen LogP contribution in [0.5, 0.6) is 0 Å². The van der Waals surface area contributed by atoms with E-state index in [9.17, 15) is 0 Å². The van der Waals surface area contributed by atoms with Gasteiger partial charge in [-0.05, 0) is 56.8 Å². The maximum Gasteiger partial charge on any atom is 0.0492 e.